The van der Waals surface area contributed by atoms with E-state index < -0.39 is 5.60 Å². The summed E-state index contributed by atoms with van der Waals surface area (Å²) in [6.45, 7) is 6.14. The molecule has 0 radical (unpaired) electrons. The van der Waals surface area contributed by atoms with Crippen LogP contribution in [0.4, 0.5) is 0 Å². The molecule has 13 heavy (non-hydrogen) atoms. The summed E-state index contributed by atoms with van der Waals surface area (Å²) in [7, 11) is 0. The lowest BCUT2D eigenvalue weighted by molar-refractivity contribution is -0.0605. The molecule has 0 aromatic carbocycles. The smallest absolute Gasteiger partial charge is 0.0926 e. The van der Waals surface area contributed by atoms with Gasteiger partial charge in [-0.2, -0.15) is 0 Å². The highest BCUT2D eigenvalue weighted by Crippen LogP contribution is 2.45. The molecule has 0 saturated carbocycles. The summed E-state index contributed by atoms with van der Waals surface area (Å²) >= 11 is 0. The minimum absolute atomic E-state index is 0.0467. The zero-order valence-electron chi connectivity index (χ0n) is 8.80. The van der Waals surface area contributed by atoms with Crippen LogP contribution >= 0.6 is 0 Å². The Hall–Kier alpha value is -0.340. The van der Waals surface area contributed by atoms with Crippen LogP contribution in [0.15, 0.2) is 11.6 Å². The molecular formula is C11H20O2. The van der Waals surface area contributed by atoms with Crippen LogP contribution in [0.1, 0.15) is 40.0 Å². The van der Waals surface area contributed by atoms with Crippen LogP contribution in [0.3, 0.4) is 0 Å². The normalized spacial score (nSPS) is 32.8. The van der Waals surface area contributed by atoms with Gasteiger partial charge in [0, 0.05) is 13.0 Å². The third-order valence-electron chi connectivity index (χ3n) is 3.47. The molecule has 0 spiro atoms. The Balaban J connectivity index is 2.98. The summed E-state index contributed by atoms with van der Waals surface area (Å²) < 4.78 is 0. The van der Waals surface area contributed by atoms with Crippen molar-refractivity contribution in [3.63, 3.8) is 0 Å². The van der Waals surface area contributed by atoms with E-state index in [0.717, 1.165) is 18.4 Å². The summed E-state index contributed by atoms with van der Waals surface area (Å²) in [6.07, 6.45) is 4.55. The van der Waals surface area contributed by atoms with Crippen LogP contribution < -0.4 is 0 Å². The average molecular weight is 184 g/mol. The van der Waals surface area contributed by atoms with Crippen molar-refractivity contribution in [2.24, 2.45) is 5.41 Å². The van der Waals surface area contributed by atoms with Crippen molar-refractivity contribution in [2.45, 2.75) is 45.6 Å². The lowest BCUT2D eigenvalue weighted by atomic mass is 9.64. The Morgan fingerprint density at radius 3 is 2.54 bits per heavy atom. The van der Waals surface area contributed by atoms with Gasteiger partial charge in [0.1, 0.15) is 0 Å². The molecule has 2 N–H and O–H groups in total. The minimum atomic E-state index is -0.806. The molecule has 0 aliphatic heterocycles. The first kappa shape index (κ1) is 10.7. The second-order valence-electron chi connectivity index (χ2n) is 4.64. The van der Waals surface area contributed by atoms with Crippen molar-refractivity contribution in [3.05, 3.63) is 11.6 Å². The quantitative estimate of drug-likeness (QED) is 0.643. The molecular weight excluding hydrogens is 164 g/mol. The zero-order chi connectivity index (χ0) is 10.1. The molecule has 0 saturated heterocycles. The number of rotatable bonds is 2. The highest BCUT2D eigenvalue weighted by atomic mass is 16.3. The van der Waals surface area contributed by atoms with Gasteiger partial charge in [-0.15, -0.1) is 0 Å². The SMILES string of the molecule is CC1=CCCC(C)(C)C1(O)CCO. The highest BCUT2D eigenvalue weighted by molar-refractivity contribution is 5.22. The highest BCUT2D eigenvalue weighted by Gasteiger charge is 2.45. The van der Waals surface area contributed by atoms with Crippen molar-refractivity contribution >= 4 is 0 Å². The molecule has 0 bridgehead atoms. The molecule has 1 unspecified atom stereocenters. The van der Waals surface area contributed by atoms with Gasteiger partial charge in [-0.25, -0.2) is 0 Å². The van der Waals surface area contributed by atoms with Crippen LogP contribution in [-0.2, 0) is 0 Å². The van der Waals surface area contributed by atoms with Gasteiger partial charge in [0.15, 0.2) is 0 Å². The third kappa shape index (κ3) is 1.65. The maximum Gasteiger partial charge on any atom is 0.0926 e. The summed E-state index contributed by atoms with van der Waals surface area (Å²) in [4.78, 5) is 0. The fourth-order valence-electron chi connectivity index (χ4n) is 2.26. The molecule has 0 amide bonds. The Labute approximate surface area is 80.3 Å². The summed E-state index contributed by atoms with van der Waals surface area (Å²) in [5.41, 5.74) is 0.0898. The van der Waals surface area contributed by atoms with Gasteiger partial charge in [0.2, 0.25) is 0 Å². The monoisotopic (exact) mass is 184 g/mol. The van der Waals surface area contributed by atoms with Gasteiger partial charge in [-0.05, 0) is 30.8 Å². The summed E-state index contributed by atoms with van der Waals surface area (Å²) in [5, 5.41) is 19.4. The topological polar surface area (TPSA) is 40.5 Å². The molecule has 1 atom stereocenters. The van der Waals surface area contributed by atoms with E-state index in [0.29, 0.717) is 6.42 Å². The molecule has 1 aliphatic carbocycles. The van der Waals surface area contributed by atoms with Crippen molar-refractivity contribution in [1.82, 2.24) is 0 Å². The molecule has 0 aromatic heterocycles. The van der Waals surface area contributed by atoms with Gasteiger partial charge in [0.05, 0.1) is 5.60 Å². The zero-order valence-corrected chi connectivity index (χ0v) is 8.80. The van der Waals surface area contributed by atoms with Gasteiger partial charge in [0.25, 0.3) is 0 Å². The van der Waals surface area contributed by atoms with E-state index in [1.54, 1.807) is 0 Å². The lowest BCUT2D eigenvalue weighted by Gasteiger charge is -2.46. The molecule has 1 rings (SSSR count). The third-order valence-corrected chi connectivity index (χ3v) is 3.47. The summed E-state index contributed by atoms with van der Waals surface area (Å²) in [5.74, 6) is 0. The lowest BCUT2D eigenvalue weighted by Crippen LogP contribution is -2.48. The Bertz CT molecular complexity index is 218. The Morgan fingerprint density at radius 1 is 1.46 bits per heavy atom. The first-order valence-corrected chi connectivity index (χ1v) is 4.94. The fraction of sp³-hybridized carbons (Fsp3) is 0.818. The number of allylic oxidation sites excluding steroid dienone is 1. The van der Waals surface area contributed by atoms with E-state index >= 15 is 0 Å². The van der Waals surface area contributed by atoms with Gasteiger partial charge in [-0.1, -0.05) is 19.9 Å². The summed E-state index contributed by atoms with van der Waals surface area (Å²) in [6, 6.07) is 0. The van der Waals surface area contributed by atoms with E-state index in [-0.39, 0.29) is 12.0 Å². The number of hydrogen-bond donors (Lipinski definition) is 2. The van der Waals surface area contributed by atoms with Crippen LogP contribution in [0.25, 0.3) is 0 Å². The van der Waals surface area contributed by atoms with Crippen LogP contribution in [-0.4, -0.2) is 22.4 Å². The molecule has 1 aliphatic rings. The van der Waals surface area contributed by atoms with E-state index in [1.165, 1.54) is 0 Å². The van der Waals surface area contributed by atoms with E-state index in [9.17, 15) is 5.11 Å². The fourth-order valence-corrected chi connectivity index (χ4v) is 2.26. The van der Waals surface area contributed by atoms with E-state index in [2.05, 4.69) is 19.9 Å². The second kappa shape index (κ2) is 3.43. The average Bonchev–Trinajstić information content (AvgIpc) is 2.01. The van der Waals surface area contributed by atoms with Gasteiger partial charge in [-0.3, -0.25) is 0 Å². The van der Waals surface area contributed by atoms with E-state index in [4.69, 9.17) is 5.11 Å². The van der Waals surface area contributed by atoms with Crippen molar-refractivity contribution in [2.75, 3.05) is 6.61 Å². The minimum Gasteiger partial charge on any atom is -0.396 e. The largest absolute Gasteiger partial charge is 0.396 e. The molecule has 0 fully saturated rings. The van der Waals surface area contributed by atoms with Crippen LogP contribution in [0.5, 0.6) is 0 Å². The molecule has 2 heteroatoms. The number of aliphatic hydroxyl groups is 2. The van der Waals surface area contributed by atoms with Crippen LogP contribution in [0, 0.1) is 5.41 Å². The van der Waals surface area contributed by atoms with E-state index in [1.807, 2.05) is 6.92 Å². The van der Waals surface area contributed by atoms with Gasteiger partial charge >= 0.3 is 0 Å². The number of hydrogen-bond acceptors (Lipinski definition) is 2. The predicted octanol–water partition coefficient (Wildman–Crippen LogP) is 1.87. The maximum absolute atomic E-state index is 10.4. The maximum atomic E-state index is 10.4. The Kier molecular flexibility index (Phi) is 2.83. The van der Waals surface area contributed by atoms with Crippen LogP contribution in [0.2, 0.25) is 0 Å². The van der Waals surface area contributed by atoms with Crippen molar-refractivity contribution in [1.29, 1.82) is 0 Å². The molecule has 0 aromatic rings. The Morgan fingerprint density at radius 2 is 2.08 bits per heavy atom. The predicted molar refractivity (Wildman–Crippen MR) is 53.4 cm³/mol. The second-order valence-corrected chi connectivity index (χ2v) is 4.64. The van der Waals surface area contributed by atoms with Gasteiger partial charge < -0.3 is 10.2 Å². The first-order valence-electron chi connectivity index (χ1n) is 4.94. The standard InChI is InChI=1S/C11H20O2/c1-9-5-4-6-10(2,3)11(9,13)7-8-12/h5,12-13H,4,6-8H2,1-3H3. The number of aliphatic hydroxyl groups excluding tert-OH is 1. The molecule has 2 nitrogen and oxygen atoms in total. The van der Waals surface area contributed by atoms with Crippen molar-refractivity contribution < 1.29 is 10.2 Å². The molecule has 76 valence electrons. The molecule has 0 heterocycles. The first-order chi connectivity index (χ1) is 5.94. The van der Waals surface area contributed by atoms with Crippen molar-refractivity contribution in [3.8, 4) is 0 Å².